The van der Waals surface area contributed by atoms with E-state index >= 15 is 0 Å². The van der Waals surface area contributed by atoms with Crippen molar-refractivity contribution in [2.45, 2.75) is 45.3 Å². The molecule has 1 fully saturated rings. The van der Waals surface area contributed by atoms with E-state index < -0.39 is 6.04 Å². The number of amides is 2. The maximum Gasteiger partial charge on any atom is 0.246 e. The van der Waals surface area contributed by atoms with Crippen molar-refractivity contribution in [2.24, 2.45) is 5.92 Å². The topological polar surface area (TPSA) is 70.7 Å². The number of rotatable bonds is 8. The van der Waals surface area contributed by atoms with Crippen LogP contribution in [0.4, 0.5) is 0 Å². The van der Waals surface area contributed by atoms with Crippen LogP contribution in [0.15, 0.2) is 24.3 Å². The minimum Gasteiger partial charge on any atom is -0.375 e. The first-order valence-corrected chi connectivity index (χ1v) is 9.82. The van der Waals surface area contributed by atoms with Crippen LogP contribution in [0.3, 0.4) is 0 Å². The highest BCUT2D eigenvalue weighted by Gasteiger charge is 2.27. The summed E-state index contributed by atoms with van der Waals surface area (Å²) in [6, 6.07) is 7.51. The van der Waals surface area contributed by atoms with E-state index in [2.05, 4.69) is 15.5 Å². The molecule has 1 aromatic carbocycles. The zero-order valence-electron chi connectivity index (χ0n) is 16.3. The second kappa shape index (κ2) is 10.6. The molecule has 1 aromatic rings. The number of nitrogens with one attached hydrogen (secondary N) is 2. The molecule has 2 rings (SSSR count). The summed E-state index contributed by atoms with van der Waals surface area (Å²) < 4.78 is 4.82. The smallest absolute Gasteiger partial charge is 0.246 e. The average Bonchev–Trinajstić information content (AvgIpc) is 2.63. The molecule has 0 bridgehead atoms. The van der Waals surface area contributed by atoms with Gasteiger partial charge in [-0.15, -0.1) is 0 Å². The van der Waals surface area contributed by atoms with Gasteiger partial charge in [0.25, 0.3) is 0 Å². The molecule has 0 spiro atoms. The molecule has 0 unspecified atom stereocenters. The molecular formula is C20H30ClN3O3. The Morgan fingerprint density at radius 1 is 1.22 bits per heavy atom. The molecule has 1 saturated heterocycles. The number of hydrogen-bond donors (Lipinski definition) is 2. The van der Waals surface area contributed by atoms with Gasteiger partial charge in [0, 0.05) is 37.8 Å². The standard InChI is InChI=1S/C20H30ClN3O3/c1-14(2)19(23-18(25)13-27-3)20(26)22-17-8-10-24(11-9-17)12-15-4-6-16(21)7-5-15/h4-7,14,17,19H,8-13H2,1-3H3,(H,22,26)(H,23,25)/t19-/m0/s1. The summed E-state index contributed by atoms with van der Waals surface area (Å²) in [6.45, 7) is 6.54. The lowest BCUT2D eigenvalue weighted by molar-refractivity contribution is -0.132. The van der Waals surface area contributed by atoms with E-state index in [-0.39, 0.29) is 30.4 Å². The van der Waals surface area contributed by atoms with Gasteiger partial charge in [-0.2, -0.15) is 0 Å². The van der Waals surface area contributed by atoms with Gasteiger partial charge in [0.1, 0.15) is 12.6 Å². The Morgan fingerprint density at radius 3 is 2.41 bits per heavy atom. The third kappa shape index (κ3) is 7.13. The summed E-state index contributed by atoms with van der Waals surface area (Å²) >= 11 is 5.93. The van der Waals surface area contributed by atoms with Crippen molar-refractivity contribution in [3.05, 3.63) is 34.9 Å². The Hall–Kier alpha value is -1.63. The highest BCUT2D eigenvalue weighted by molar-refractivity contribution is 6.30. The molecule has 0 radical (unpaired) electrons. The molecule has 0 aromatic heterocycles. The maximum absolute atomic E-state index is 12.6. The molecule has 1 aliphatic rings. The predicted octanol–water partition coefficient (Wildman–Crippen LogP) is 2.21. The SMILES string of the molecule is COCC(=O)N[C@H](C(=O)NC1CCN(Cc2ccc(Cl)cc2)CC1)C(C)C. The van der Waals surface area contributed by atoms with Gasteiger partial charge in [-0.05, 0) is 36.5 Å². The molecule has 0 saturated carbocycles. The highest BCUT2D eigenvalue weighted by atomic mass is 35.5. The van der Waals surface area contributed by atoms with Crippen LogP contribution in [0, 0.1) is 5.92 Å². The first-order chi connectivity index (χ1) is 12.9. The van der Waals surface area contributed by atoms with Crippen LogP contribution < -0.4 is 10.6 Å². The fraction of sp³-hybridized carbons (Fsp3) is 0.600. The molecule has 6 nitrogen and oxygen atoms in total. The zero-order valence-corrected chi connectivity index (χ0v) is 17.1. The van der Waals surface area contributed by atoms with E-state index in [1.807, 2.05) is 38.1 Å². The minimum absolute atomic E-state index is 0.01000. The van der Waals surface area contributed by atoms with Gasteiger partial charge in [-0.1, -0.05) is 37.6 Å². The van der Waals surface area contributed by atoms with Crippen LogP contribution in [0.1, 0.15) is 32.3 Å². The van der Waals surface area contributed by atoms with E-state index in [1.54, 1.807) is 0 Å². The molecule has 150 valence electrons. The van der Waals surface area contributed by atoms with E-state index in [0.717, 1.165) is 37.5 Å². The summed E-state index contributed by atoms with van der Waals surface area (Å²) in [7, 11) is 1.46. The first-order valence-electron chi connectivity index (χ1n) is 9.44. The molecule has 1 heterocycles. The van der Waals surface area contributed by atoms with Crippen molar-refractivity contribution in [3.63, 3.8) is 0 Å². The minimum atomic E-state index is -0.542. The number of ether oxygens (including phenoxy) is 1. The zero-order chi connectivity index (χ0) is 19.8. The van der Waals surface area contributed by atoms with Crippen LogP contribution in [-0.2, 0) is 20.9 Å². The Morgan fingerprint density at radius 2 is 1.85 bits per heavy atom. The van der Waals surface area contributed by atoms with Gasteiger partial charge in [0.2, 0.25) is 11.8 Å². The number of piperidine rings is 1. The lowest BCUT2D eigenvalue weighted by Gasteiger charge is -2.33. The monoisotopic (exact) mass is 395 g/mol. The van der Waals surface area contributed by atoms with Crippen molar-refractivity contribution in [1.82, 2.24) is 15.5 Å². The van der Waals surface area contributed by atoms with Gasteiger partial charge < -0.3 is 15.4 Å². The number of halogens is 1. The van der Waals surface area contributed by atoms with Crippen molar-refractivity contribution < 1.29 is 14.3 Å². The predicted molar refractivity (Wildman–Crippen MR) is 107 cm³/mol. The Bertz CT molecular complexity index is 613. The second-order valence-electron chi connectivity index (χ2n) is 7.41. The summed E-state index contributed by atoms with van der Waals surface area (Å²) in [5.74, 6) is -0.384. The lowest BCUT2D eigenvalue weighted by atomic mass is 10.00. The van der Waals surface area contributed by atoms with Crippen molar-refractivity contribution >= 4 is 23.4 Å². The highest BCUT2D eigenvalue weighted by Crippen LogP contribution is 2.16. The number of methoxy groups -OCH3 is 1. The Balaban J connectivity index is 1.80. The fourth-order valence-electron chi connectivity index (χ4n) is 3.26. The molecule has 2 N–H and O–H groups in total. The number of carbonyl (C=O) groups is 2. The van der Waals surface area contributed by atoms with Crippen molar-refractivity contribution in [1.29, 1.82) is 0 Å². The van der Waals surface area contributed by atoms with E-state index in [0.29, 0.717) is 0 Å². The third-order valence-electron chi connectivity index (χ3n) is 4.79. The maximum atomic E-state index is 12.6. The quantitative estimate of drug-likeness (QED) is 0.708. The first kappa shape index (κ1) is 21.7. The Kier molecular flexibility index (Phi) is 8.54. The summed E-state index contributed by atoms with van der Waals surface area (Å²) in [5.41, 5.74) is 1.24. The van der Waals surface area contributed by atoms with Crippen LogP contribution in [0.5, 0.6) is 0 Å². The summed E-state index contributed by atoms with van der Waals surface area (Å²) in [4.78, 5) is 26.7. The third-order valence-corrected chi connectivity index (χ3v) is 5.05. The molecule has 1 atom stereocenters. The van der Waals surface area contributed by atoms with Gasteiger partial charge in [0.15, 0.2) is 0 Å². The Labute approximate surface area is 166 Å². The summed E-state index contributed by atoms with van der Waals surface area (Å²) in [5, 5.41) is 6.60. The van der Waals surface area contributed by atoms with E-state index in [9.17, 15) is 9.59 Å². The van der Waals surface area contributed by atoms with Crippen LogP contribution in [-0.4, -0.2) is 55.6 Å². The molecular weight excluding hydrogens is 366 g/mol. The van der Waals surface area contributed by atoms with Gasteiger partial charge in [0.05, 0.1) is 0 Å². The number of benzene rings is 1. The summed E-state index contributed by atoms with van der Waals surface area (Å²) in [6.07, 6.45) is 1.80. The second-order valence-corrected chi connectivity index (χ2v) is 7.84. The largest absolute Gasteiger partial charge is 0.375 e. The molecule has 7 heteroatoms. The van der Waals surface area contributed by atoms with Crippen LogP contribution >= 0.6 is 11.6 Å². The molecule has 27 heavy (non-hydrogen) atoms. The van der Waals surface area contributed by atoms with Crippen molar-refractivity contribution in [3.8, 4) is 0 Å². The molecule has 0 aliphatic carbocycles. The average molecular weight is 396 g/mol. The normalized spacial score (nSPS) is 16.9. The van der Waals surface area contributed by atoms with Crippen LogP contribution in [0.2, 0.25) is 5.02 Å². The van der Waals surface area contributed by atoms with Gasteiger partial charge in [-0.3, -0.25) is 14.5 Å². The molecule has 1 aliphatic heterocycles. The van der Waals surface area contributed by atoms with Gasteiger partial charge in [-0.25, -0.2) is 0 Å². The van der Waals surface area contributed by atoms with E-state index in [1.165, 1.54) is 12.7 Å². The van der Waals surface area contributed by atoms with E-state index in [4.69, 9.17) is 16.3 Å². The number of carbonyl (C=O) groups excluding carboxylic acids is 2. The number of hydrogen-bond acceptors (Lipinski definition) is 4. The fourth-order valence-corrected chi connectivity index (χ4v) is 3.38. The number of likely N-dealkylation sites (tertiary alicyclic amines) is 1. The number of nitrogens with zero attached hydrogens (tertiary/aromatic N) is 1. The lowest BCUT2D eigenvalue weighted by Crippen LogP contribution is -2.54. The van der Waals surface area contributed by atoms with Crippen LogP contribution in [0.25, 0.3) is 0 Å². The molecule has 2 amide bonds. The van der Waals surface area contributed by atoms with Gasteiger partial charge >= 0.3 is 0 Å². The van der Waals surface area contributed by atoms with Crippen molar-refractivity contribution in [2.75, 3.05) is 26.8 Å².